The number of anilines is 1. The van der Waals surface area contributed by atoms with E-state index in [1.165, 1.54) is 29.5 Å². The van der Waals surface area contributed by atoms with E-state index in [9.17, 15) is 0 Å². The van der Waals surface area contributed by atoms with Crippen LogP contribution in [-0.4, -0.2) is 4.98 Å². The van der Waals surface area contributed by atoms with Gasteiger partial charge >= 0.3 is 0 Å². The van der Waals surface area contributed by atoms with Crippen LogP contribution in [0.2, 0.25) is 0 Å². The summed E-state index contributed by atoms with van der Waals surface area (Å²) >= 11 is 0. The van der Waals surface area contributed by atoms with Crippen molar-refractivity contribution in [1.29, 1.82) is 0 Å². The molecule has 0 aliphatic heterocycles. The molecule has 1 aliphatic carbocycles. The van der Waals surface area contributed by atoms with Crippen LogP contribution in [0.5, 0.6) is 0 Å². The highest BCUT2D eigenvalue weighted by Gasteiger charge is 2.16. The molecule has 3 rings (SSSR count). The van der Waals surface area contributed by atoms with Gasteiger partial charge in [-0.25, -0.2) is 0 Å². The zero-order valence-corrected chi connectivity index (χ0v) is 10.7. The molecular weight excluding hydrogens is 220 g/mol. The fraction of sp³-hybridized carbons (Fsp3) is 0.312. The number of fused-ring (bicyclic) bond motifs is 1. The summed E-state index contributed by atoms with van der Waals surface area (Å²) in [5.74, 6) is 0. The molecule has 0 saturated carbocycles. The third kappa shape index (κ3) is 1.78. The summed E-state index contributed by atoms with van der Waals surface area (Å²) in [6.45, 7) is 2.12. The van der Waals surface area contributed by atoms with E-state index in [1.54, 1.807) is 0 Å². The molecule has 0 fully saturated rings. The van der Waals surface area contributed by atoms with Gasteiger partial charge in [-0.3, -0.25) is 4.98 Å². The predicted octanol–water partition coefficient (Wildman–Crippen LogP) is 3.38. The molecular formula is C16H18N2. The second-order valence-corrected chi connectivity index (χ2v) is 4.91. The Morgan fingerprint density at radius 3 is 2.94 bits per heavy atom. The van der Waals surface area contributed by atoms with E-state index in [2.05, 4.69) is 30.1 Å². The highest BCUT2D eigenvalue weighted by molar-refractivity contribution is 5.80. The predicted molar refractivity (Wildman–Crippen MR) is 75.5 cm³/mol. The molecule has 0 atom stereocenters. The summed E-state index contributed by atoms with van der Waals surface area (Å²) in [6, 6.07) is 8.59. The minimum absolute atomic E-state index is 0.957. The second kappa shape index (κ2) is 4.45. The van der Waals surface area contributed by atoms with Crippen LogP contribution in [0.25, 0.3) is 11.1 Å². The van der Waals surface area contributed by atoms with Crippen LogP contribution in [0.4, 0.5) is 5.69 Å². The lowest BCUT2D eigenvalue weighted by atomic mass is 9.98. The molecule has 1 aromatic carbocycles. The van der Waals surface area contributed by atoms with Gasteiger partial charge in [0, 0.05) is 23.1 Å². The van der Waals surface area contributed by atoms with Crippen molar-refractivity contribution in [2.24, 2.45) is 0 Å². The van der Waals surface area contributed by atoms with Gasteiger partial charge in [-0.1, -0.05) is 19.1 Å². The normalized spacial score (nSPS) is 13.6. The number of pyridine rings is 1. The molecule has 2 heteroatoms. The SMILES string of the molecule is CCc1cc(-c2ccc3c(c2N)CCC3)ccn1. The summed E-state index contributed by atoms with van der Waals surface area (Å²) in [5, 5.41) is 0. The quantitative estimate of drug-likeness (QED) is 0.815. The summed E-state index contributed by atoms with van der Waals surface area (Å²) in [4.78, 5) is 4.34. The maximum absolute atomic E-state index is 6.34. The number of aromatic nitrogens is 1. The van der Waals surface area contributed by atoms with Crippen molar-refractivity contribution < 1.29 is 0 Å². The molecule has 18 heavy (non-hydrogen) atoms. The van der Waals surface area contributed by atoms with Crippen molar-refractivity contribution in [3.63, 3.8) is 0 Å². The average Bonchev–Trinajstić information content (AvgIpc) is 2.88. The average molecular weight is 238 g/mol. The highest BCUT2D eigenvalue weighted by atomic mass is 14.7. The smallest absolute Gasteiger partial charge is 0.0429 e. The molecule has 1 aliphatic rings. The Balaban J connectivity index is 2.11. The second-order valence-electron chi connectivity index (χ2n) is 4.91. The van der Waals surface area contributed by atoms with Gasteiger partial charge in [0.2, 0.25) is 0 Å². The van der Waals surface area contributed by atoms with E-state index in [0.717, 1.165) is 29.8 Å². The Labute approximate surface area is 108 Å². The summed E-state index contributed by atoms with van der Waals surface area (Å²) < 4.78 is 0. The first-order chi connectivity index (χ1) is 8.79. The van der Waals surface area contributed by atoms with Crippen molar-refractivity contribution in [1.82, 2.24) is 4.98 Å². The van der Waals surface area contributed by atoms with Gasteiger partial charge in [0.25, 0.3) is 0 Å². The maximum Gasteiger partial charge on any atom is 0.0429 e. The Morgan fingerprint density at radius 2 is 2.11 bits per heavy atom. The van der Waals surface area contributed by atoms with Crippen molar-refractivity contribution in [3.8, 4) is 11.1 Å². The monoisotopic (exact) mass is 238 g/mol. The summed E-state index contributed by atoms with van der Waals surface area (Å²) in [5.41, 5.74) is 13.6. The molecule has 2 nitrogen and oxygen atoms in total. The van der Waals surface area contributed by atoms with Crippen LogP contribution in [0.1, 0.15) is 30.2 Å². The summed E-state index contributed by atoms with van der Waals surface area (Å²) in [7, 11) is 0. The van der Waals surface area contributed by atoms with Crippen LogP contribution in [-0.2, 0) is 19.3 Å². The van der Waals surface area contributed by atoms with Crippen LogP contribution >= 0.6 is 0 Å². The van der Waals surface area contributed by atoms with Gasteiger partial charge < -0.3 is 5.73 Å². The molecule has 0 radical (unpaired) electrons. The van der Waals surface area contributed by atoms with Gasteiger partial charge in [0.15, 0.2) is 0 Å². The number of benzene rings is 1. The van der Waals surface area contributed by atoms with Crippen LogP contribution in [0, 0.1) is 0 Å². The largest absolute Gasteiger partial charge is 0.398 e. The Kier molecular flexibility index (Phi) is 2.78. The highest BCUT2D eigenvalue weighted by Crippen LogP contribution is 2.35. The van der Waals surface area contributed by atoms with Crippen molar-refractivity contribution in [3.05, 3.63) is 47.3 Å². The number of aryl methyl sites for hydroxylation is 2. The molecule has 2 N–H and O–H groups in total. The number of rotatable bonds is 2. The van der Waals surface area contributed by atoms with Crippen molar-refractivity contribution >= 4 is 5.69 Å². The van der Waals surface area contributed by atoms with Gasteiger partial charge in [-0.15, -0.1) is 0 Å². The third-order valence-corrected chi connectivity index (χ3v) is 3.82. The van der Waals surface area contributed by atoms with Gasteiger partial charge in [-0.05, 0) is 54.5 Å². The Bertz CT molecular complexity index is 588. The lowest BCUT2D eigenvalue weighted by Gasteiger charge is -2.11. The van der Waals surface area contributed by atoms with E-state index in [-0.39, 0.29) is 0 Å². The van der Waals surface area contributed by atoms with E-state index in [0.29, 0.717) is 0 Å². The lowest BCUT2D eigenvalue weighted by molar-refractivity contribution is 0.912. The zero-order valence-electron chi connectivity index (χ0n) is 10.7. The molecule has 0 saturated heterocycles. The molecule has 0 spiro atoms. The minimum Gasteiger partial charge on any atom is -0.398 e. The van der Waals surface area contributed by atoms with E-state index >= 15 is 0 Å². The fourth-order valence-corrected chi connectivity index (χ4v) is 2.79. The topological polar surface area (TPSA) is 38.9 Å². The Morgan fingerprint density at radius 1 is 1.22 bits per heavy atom. The van der Waals surface area contributed by atoms with Gasteiger partial charge in [0.1, 0.15) is 0 Å². The van der Waals surface area contributed by atoms with Crippen LogP contribution < -0.4 is 5.73 Å². The standard InChI is InChI=1S/C16H18N2/c1-2-13-10-12(8-9-18-13)15-7-6-11-4-3-5-14(11)16(15)17/h6-10H,2-5,17H2,1H3. The number of hydrogen-bond acceptors (Lipinski definition) is 2. The number of nitrogen functional groups attached to an aromatic ring is 1. The molecule has 2 aromatic rings. The molecule has 0 bridgehead atoms. The number of nitrogens with zero attached hydrogens (tertiary/aromatic N) is 1. The first kappa shape index (κ1) is 11.3. The van der Waals surface area contributed by atoms with Gasteiger partial charge in [-0.2, -0.15) is 0 Å². The number of nitrogens with two attached hydrogens (primary N) is 1. The number of hydrogen-bond donors (Lipinski definition) is 1. The fourth-order valence-electron chi connectivity index (χ4n) is 2.79. The lowest BCUT2D eigenvalue weighted by Crippen LogP contribution is -1.97. The first-order valence-corrected chi connectivity index (χ1v) is 6.65. The Hall–Kier alpha value is -1.83. The van der Waals surface area contributed by atoms with Crippen molar-refractivity contribution in [2.45, 2.75) is 32.6 Å². The molecule has 0 amide bonds. The third-order valence-electron chi connectivity index (χ3n) is 3.82. The van der Waals surface area contributed by atoms with E-state index < -0.39 is 0 Å². The molecule has 92 valence electrons. The van der Waals surface area contributed by atoms with Crippen LogP contribution in [0.15, 0.2) is 30.5 Å². The first-order valence-electron chi connectivity index (χ1n) is 6.65. The molecule has 0 unspecified atom stereocenters. The molecule has 1 heterocycles. The van der Waals surface area contributed by atoms with Crippen LogP contribution in [0.3, 0.4) is 0 Å². The van der Waals surface area contributed by atoms with Gasteiger partial charge in [0.05, 0.1) is 0 Å². The summed E-state index contributed by atoms with van der Waals surface area (Å²) in [6.07, 6.45) is 6.37. The maximum atomic E-state index is 6.34. The van der Waals surface area contributed by atoms with E-state index in [1.807, 2.05) is 12.3 Å². The zero-order chi connectivity index (χ0) is 12.5. The minimum atomic E-state index is 0.957. The van der Waals surface area contributed by atoms with E-state index in [4.69, 9.17) is 5.73 Å². The molecule has 1 aromatic heterocycles. The van der Waals surface area contributed by atoms with Crippen molar-refractivity contribution in [2.75, 3.05) is 5.73 Å².